The zero-order valence-corrected chi connectivity index (χ0v) is 56.7. The van der Waals surface area contributed by atoms with Crippen LogP contribution in [0.1, 0.15) is 71.2 Å². The predicted molar refractivity (Wildman–Crippen MR) is 378 cm³/mol. The zero-order chi connectivity index (χ0) is 73.6. The summed E-state index contributed by atoms with van der Waals surface area (Å²) < 4.78 is 55.0. The summed E-state index contributed by atoms with van der Waals surface area (Å²) in [6.45, 7) is 33.0. The Morgan fingerprint density at radius 1 is 0.490 bits per heavy atom. The highest BCUT2D eigenvalue weighted by Gasteiger charge is 2.41. The molecular weight excluding hydrogens is 1290 g/mol. The molecule has 1 fully saturated rings. The molecule has 4 aromatic carbocycles. The van der Waals surface area contributed by atoms with Crippen LogP contribution in [-0.4, -0.2) is 136 Å². The van der Waals surface area contributed by atoms with Crippen LogP contribution in [0.4, 0.5) is 0 Å². The first-order valence-corrected chi connectivity index (χ1v) is 31.4. The molecule has 0 radical (unpaired) electrons. The molecule has 0 atom stereocenters. The molecule has 2 aromatic heterocycles. The molecule has 0 bridgehead atoms. The van der Waals surface area contributed by atoms with Crippen LogP contribution in [0.5, 0.6) is 35.3 Å². The second kappa shape index (κ2) is 47.0. The van der Waals surface area contributed by atoms with Gasteiger partial charge in [-0.2, -0.15) is 0 Å². The molecule has 0 saturated heterocycles. The lowest BCUT2D eigenvalue weighted by Gasteiger charge is -2.30. The molecule has 1 aliphatic rings. The van der Waals surface area contributed by atoms with E-state index in [0.717, 1.165) is 45.1 Å². The van der Waals surface area contributed by atoms with Gasteiger partial charge in [0.1, 0.15) is 49.3 Å². The number of Topliss-reactive ketones (excluding diaryl/α,β-unsaturated/α-hetero) is 2. The summed E-state index contributed by atoms with van der Waals surface area (Å²) in [4.78, 5) is 108. The number of aromatic nitrogens is 6. The topological polar surface area (TPSA) is 303 Å². The summed E-state index contributed by atoms with van der Waals surface area (Å²) in [5.74, 6) is -1.79. The molecule has 7 rings (SSSR count). The summed E-state index contributed by atoms with van der Waals surface area (Å²) in [6.07, 6.45) is 17.3. The van der Waals surface area contributed by atoms with Crippen LogP contribution < -0.4 is 45.5 Å². The number of nitrogens with zero attached hydrogens (tertiary/aromatic N) is 6. The van der Waals surface area contributed by atoms with E-state index in [4.69, 9.17) is 47.4 Å². The van der Waals surface area contributed by atoms with Crippen molar-refractivity contribution in [3.8, 4) is 35.3 Å². The van der Waals surface area contributed by atoms with Crippen molar-refractivity contribution in [1.29, 1.82) is 0 Å². The van der Waals surface area contributed by atoms with Crippen molar-refractivity contribution < 1.29 is 76.4 Å². The van der Waals surface area contributed by atoms with Crippen LogP contribution in [0.3, 0.4) is 0 Å². The maximum absolute atomic E-state index is 12.7. The Morgan fingerprint density at radius 2 is 0.890 bits per heavy atom. The zero-order valence-electron chi connectivity index (χ0n) is 56.7. The Balaban J connectivity index is 0.000000330. The summed E-state index contributed by atoms with van der Waals surface area (Å²) >= 11 is 0. The molecule has 2 heterocycles. The van der Waals surface area contributed by atoms with Gasteiger partial charge in [-0.25, -0.2) is 37.7 Å². The first kappa shape index (κ1) is 83.1. The van der Waals surface area contributed by atoms with Gasteiger partial charge < -0.3 is 52.5 Å². The fourth-order valence-electron chi connectivity index (χ4n) is 8.84. The number of carbonyl (C=O) groups is 5. The van der Waals surface area contributed by atoms with Gasteiger partial charge in [0.2, 0.25) is 5.78 Å². The normalized spacial score (nSPS) is 11.6. The quantitative estimate of drug-likeness (QED) is 0.00717. The Bertz CT molecular complexity index is 3630. The molecular formula is C75H88N6O19. The second-order valence-electron chi connectivity index (χ2n) is 20.6. The molecule has 0 spiro atoms. The number of carbonyl (C=O) groups excluding carboxylic acids is 5. The fourth-order valence-corrected chi connectivity index (χ4v) is 8.84. The molecule has 0 aliphatic heterocycles. The third-order valence-corrected chi connectivity index (χ3v) is 13.6. The van der Waals surface area contributed by atoms with Crippen molar-refractivity contribution in [2.24, 2.45) is 0 Å². The number of allylic oxidation sites excluding steroid dienone is 1. The van der Waals surface area contributed by atoms with Gasteiger partial charge in [0.25, 0.3) is 5.79 Å². The van der Waals surface area contributed by atoms with Gasteiger partial charge in [-0.05, 0) is 25.3 Å². The standard InChI is InChI=1S/C19H27N3O6.C16H16O3.C15H16O4.C13H16O2.C12H13N3O4/c1-4-12-27-14-10-21-17(24)20(9-7-8-16(23)6-3)18(25)22(19(21)26)11-15-28-13-5-2;1-18-16(19-2,14-11-7-4-8-12-14)15(17)13-9-5-3-6-10-13;1-4-7-17-12-9-13(18-8-5-2)11-14(10-12)19-15(16)6-3;14-12(11-7-3-1-4-8-11)13(15)9-5-2-6-10-13;1-4-7-17-10-13-11(18-8-5-2)15-12(14-10)19-9(16)6-3/h4-6H,1-3,7-15H2;3-12H,1-2H3;4-6,9-11H,1-3,7-8H2;1,3-4,7-8,15H,2,5-6,9-10H2;4-6H,1-3,7-8H2. The highest BCUT2D eigenvalue weighted by atomic mass is 16.7. The largest absolute Gasteiger partial charge is 0.489 e. The summed E-state index contributed by atoms with van der Waals surface area (Å²) in [5, 5.41) is 10.2. The van der Waals surface area contributed by atoms with Crippen molar-refractivity contribution in [1.82, 2.24) is 28.7 Å². The number of ketones is 3. The molecule has 25 heteroatoms. The SMILES string of the molecule is C=CCOCCn1c(=O)n(CCCC(=O)C=C)c(=O)n(CCOCC=C)c1=O.C=CCOc1cc(OCC=C)cc(OC(=O)C=C)c1.C=CCOc1nc(OCC=C)nc(OC(=O)C=C)n1.COC(OC)(C(=O)c1ccccc1)c1ccccc1.O=C(c1ccccc1)C1(O)CCCCC1. The lowest BCUT2D eigenvalue weighted by Crippen LogP contribution is -2.55. The van der Waals surface area contributed by atoms with E-state index in [2.05, 4.69) is 74.2 Å². The van der Waals surface area contributed by atoms with Gasteiger partial charge in [-0.15, -0.1) is 28.1 Å². The third kappa shape index (κ3) is 28.2. The van der Waals surface area contributed by atoms with Crippen LogP contribution >= 0.6 is 0 Å². The lowest BCUT2D eigenvalue weighted by molar-refractivity contribution is -0.176. The average Bonchev–Trinajstić information content (AvgIpc) is 0.797. The van der Waals surface area contributed by atoms with Crippen molar-refractivity contribution in [3.63, 3.8) is 0 Å². The van der Waals surface area contributed by atoms with Gasteiger partial charge in [-0.3, -0.25) is 14.4 Å². The molecule has 1 aliphatic carbocycles. The number of rotatable bonds is 38. The van der Waals surface area contributed by atoms with Crippen LogP contribution in [0.15, 0.2) is 237 Å². The number of ether oxygens (including phenoxy) is 10. The van der Waals surface area contributed by atoms with Crippen LogP contribution in [0, 0.1) is 0 Å². The monoisotopic (exact) mass is 1380 g/mol. The maximum Gasteiger partial charge on any atom is 0.337 e. The van der Waals surface area contributed by atoms with Crippen LogP contribution in [-0.2, 0) is 58.8 Å². The average molecular weight is 1380 g/mol. The number of benzene rings is 4. The Hall–Kier alpha value is -11.1. The molecule has 1 N–H and O–H groups in total. The third-order valence-electron chi connectivity index (χ3n) is 13.6. The summed E-state index contributed by atoms with van der Waals surface area (Å²) in [6, 6.07) is 31.8. The van der Waals surface area contributed by atoms with Crippen molar-refractivity contribution in [2.45, 2.75) is 76.0 Å². The van der Waals surface area contributed by atoms with E-state index >= 15 is 0 Å². The minimum atomic E-state index is -1.40. The van der Waals surface area contributed by atoms with Gasteiger partial charge in [0, 0.05) is 74.2 Å². The van der Waals surface area contributed by atoms with Crippen molar-refractivity contribution in [3.05, 3.63) is 271 Å². The van der Waals surface area contributed by atoms with E-state index in [1.807, 2.05) is 66.7 Å². The Labute approximate surface area is 581 Å². The van der Waals surface area contributed by atoms with Gasteiger partial charge >= 0.3 is 47.0 Å². The molecule has 100 heavy (non-hydrogen) atoms. The fraction of sp³-hybridized carbons (Fsp3) is 0.293. The smallest absolute Gasteiger partial charge is 0.337 e. The van der Waals surface area contributed by atoms with E-state index in [1.54, 1.807) is 66.8 Å². The molecule has 6 aromatic rings. The predicted octanol–water partition coefficient (Wildman–Crippen LogP) is 9.69. The number of esters is 2. The van der Waals surface area contributed by atoms with E-state index in [-0.39, 0.29) is 107 Å². The Kier molecular flexibility index (Phi) is 39.0. The highest BCUT2D eigenvalue weighted by Crippen LogP contribution is 2.32. The molecule has 532 valence electrons. The van der Waals surface area contributed by atoms with E-state index < -0.39 is 40.4 Å². The lowest BCUT2D eigenvalue weighted by atomic mass is 9.79. The van der Waals surface area contributed by atoms with Crippen LogP contribution in [0.2, 0.25) is 0 Å². The summed E-state index contributed by atoms with van der Waals surface area (Å²) in [7, 11) is 2.94. The minimum Gasteiger partial charge on any atom is -0.489 e. The molecule has 1 saturated carbocycles. The molecule has 25 nitrogen and oxygen atoms in total. The van der Waals surface area contributed by atoms with Crippen molar-refractivity contribution >= 4 is 29.3 Å². The van der Waals surface area contributed by atoms with Crippen LogP contribution in [0.25, 0.3) is 0 Å². The molecule has 0 amide bonds. The van der Waals surface area contributed by atoms with E-state index in [1.165, 1.54) is 32.4 Å². The molecule has 0 unspecified atom stereocenters. The number of hydrogen-bond donors (Lipinski definition) is 1. The number of aliphatic hydroxyl groups is 1. The Morgan fingerprint density at radius 3 is 1.32 bits per heavy atom. The first-order valence-electron chi connectivity index (χ1n) is 31.4. The summed E-state index contributed by atoms with van der Waals surface area (Å²) in [5.41, 5.74) is -1.43. The van der Waals surface area contributed by atoms with E-state index in [0.29, 0.717) is 60.0 Å². The number of hydrogen-bond acceptors (Lipinski definition) is 22. The maximum atomic E-state index is 12.7. The van der Waals surface area contributed by atoms with Crippen molar-refractivity contribution in [2.75, 3.05) is 67.1 Å². The highest BCUT2D eigenvalue weighted by molar-refractivity contribution is 6.02. The van der Waals surface area contributed by atoms with Gasteiger partial charge in [-0.1, -0.05) is 193 Å². The minimum absolute atomic E-state index is 0.00904. The second-order valence-corrected chi connectivity index (χ2v) is 20.6. The number of methoxy groups -OCH3 is 2. The van der Waals surface area contributed by atoms with E-state index in [9.17, 15) is 43.5 Å². The first-order chi connectivity index (χ1) is 48.3. The van der Waals surface area contributed by atoms with Gasteiger partial charge in [0.05, 0.1) is 39.5 Å². The van der Waals surface area contributed by atoms with Gasteiger partial charge in [0.15, 0.2) is 11.6 Å².